The van der Waals surface area contributed by atoms with E-state index in [1.165, 1.54) is 0 Å². The number of hydrogen-bond acceptors (Lipinski definition) is 6. The van der Waals surface area contributed by atoms with Gasteiger partial charge in [0.1, 0.15) is 11.8 Å². The fraction of sp³-hybridized carbons (Fsp3) is 0.762. The zero-order chi connectivity index (χ0) is 21.0. The lowest BCUT2D eigenvalue weighted by Gasteiger charge is -2.29. The molecular formula is C21H34N4O4. The minimum atomic E-state index is -0.367. The first-order valence-corrected chi connectivity index (χ1v) is 10.7. The maximum Gasteiger partial charge on any atom is 0.273 e. The Labute approximate surface area is 172 Å². The van der Waals surface area contributed by atoms with Gasteiger partial charge in [-0.3, -0.25) is 9.59 Å². The molecule has 0 unspecified atom stereocenters. The van der Waals surface area contributed by atoms with Crippen molar-refractivity contribution in [3.05, 3.63) is 17.3 Å². The third-order valence-corrected chi connectivity index (χ3v) is 5.90. The largest absolute Gasteiger partial charge is 0.443 e. The van der Waals surface area contributed by atoms with Crippen LogP contribution in [0.1, 0.15) is 67.7 Å². The maximum atomic E-state index is 12.7. The van der Waals surface area contributed by atoms with Crippen molar-refractivity contribution in [2.24, 2.45) is 11.8 Å². The minimum Gasteiger partial charge on any atom is -0.443 e. The minimum absolute atomic E-state index is 0.000167. The summed E-state index contributed by atoms with van der Waals surface area (Å²) in [6.45, 7) is 8.94. The number of ether oxygens (including phenoxy) is 1. The predicted molar refractivity (Wildman–Crippen MR) is 108 cm³/mol. The van der Waals surface area contributed by atoms with Crippen molar-refractivity contribution in [1.82, 2.24) is 20.5 Å². The quantitative estimate of drug-likeness (QED) is 0.751. The summed E-state index contributed by atoms with van der Waals surface area (Å²) >= 11 is 0. The summed E-state index contributed by atoms with van der Waals surface area (Å²) in [5.41, 5.74) is 0.310. The molecule has 8 heteroatoms. The third kappa shape index (κ3) is 5.57. The number of oxazole rings is 1. The highest BCUT2D eigenvalue weighted by molar-refractivity contribution is 5.93. The molecule has 0 aliphatic carbocycles. The summed E-state index contributed by atoms with van der Waals surface area (Å²) in [6, 6.07) is -0.207. The Bertz CT molecular complexity index is 704. The van der Waals surface area contributed by atoms with Crippen molar-refractivity contribution in [3.8, 4) is 0 Å². The molecule has 162 valence electrons. The normalized spacial score (nSPS) is 20.6. The number of likely N-dealkylation sites (tertiary alicyclic amines) is 1. The van der Waals surface area contributed by atoms with Crippen LogP contribution in [0.4, 0.5) is 0 Å². The molecule has 2 aliphatic rings. The van der Waals surface area contributed by atoms with E-state index in [-0.39, 0.29) is 35.7 Å². The van der Waals surface area contributed by atoms with Crippen LogP contribution in [0.15, 0.2) is 4.42 Å². The van der Waals surface area contributed by atoms with Crippen LogP contribution in [0.2, 0.25) is 0 Å². The van der Waals surface area contributed by atoms with Crippen molar-refractivity contribution in [2.45, 2.75) is 58.5 Å². The lowest BCUT2D eigenvalue weighted by Crippen LogP contribution is -2.43. The molecule has 2 N–H and O–H groups in total. The van der Waals surface area contributed by atoms with Gasteiger partial charge in [0.2, 0.25) is 11.8 Å². The number of nitrogens with one attached hydrogen (secondary N) is 2. The summed E-state index contributed by atoms with van der Waals surface area (Å²) in [5, 5.41) is 6.16. The van der Waals surface area contributed by atoms with E-state index in [9.17, 15) is 9.59 Å². The molecule has 3 rings (SSSR count). The van der Waals surface area contributed by atoms with Crippen LogP contribution in [0, 0.1) is 18.8 Å². The number of aromatic nitrogens is 1. The van der Waals surface area contributed by atoms with Crippen LogP contribution in [0.25, 0.3) is 0 Å². The molecule has 0 saturated carbocycles. The highest BCUT2D eigenvalue weighted by atomic mass is 16.5. The van der Waals surface area contributed by atoms with E-state index in [1.54, 1.807) is 6.92 Å². The number of hydrogen-bond donors (Lipinski definition) is 2. The monoisotopic (exact) mass is 406 g/mol. The summed E-state index contributed by atoms with van der Waals surface area (Å²) in [7, 11) is 2.09. The fourth-order valence-electron chi connectivity index (χ4n) is 3.91. The van der Waals surface area contributed by atoms with Crippen LogP contribution in [0.3, 0.4) is 0 Å². The Morgan fingerprint density at radius 1 is 1.14 bits per heavy atom. The van der Waals surface area contributed by atoms with E-state index in [0.29, 0.717) is 30.6 Å². The van der Waals surface area contributed by atoms with E-state index < -0.39 is 0 Å². The van der Waals surface area contributed by atoms with Gasteiger partial charge in [-0.1, -0.05) is 13.8 Å². The molecule has 0 spiro atoms. The van der Waals surface area contributed by atoms with Crippen molar-refractivity contribution in [1.29, 1.82) is 0 Å². The topological polar surface area (TPSA) is 96.7 Å². The Morgan fingerprint density at radius 2 is 1.79 bits per heavy atom. The van der Waals surface area contributed by atoms with Gasteiger partial charge in [-0.15, -0.1) is 0 Å². The number of nitrogens with zero attached hydrogens (tertiary/aromatic N) is 2. The van der Waals surface area contributed by atoms with Crippen molar-refractivity contribution >= 4 is 11.8 Å². The van der Waals surface area contributed by atoms with Gasteiger partial charge in [-0.25, -0.2) is 4.98 Å². The van der Waals surface area contributed by atoms with E-state index in [4.69, 9.17) is 9.15 Å². The molecule has 1 atom stereocenters. The van der Waals surface area contributed by atoms with Gasteiger partial charge in [-0.05, 0) is 58.7 Å². The standard InChI is InChI=1S/C21H34N4O4/c1-13(2)17(23-19(26)15-7-11-28-12-8-15)21-24-18(14(3)29-21)20(27)22-16-5-9-25(4)10-6-16/h13,15-17H,5-12H2,1-4H3,(H,22,27)(H,23,26)/t17-/m0/s1. The smallest absolute Gasteiger partial charge is 0.273 e. The Balaban J connectivity index is 1.66. The lowest BCUT2D eigenvalue weighted by atomic mass is 9.97. The molecule has 1 aromatic rings. The van der Waals surface area contributed by atoms with Crippen molar-refractivity contribution in [3.63, 3.8) is 0 Å². The highest BCUT2D eigenvalue weighted by Gasteiger charge is 2.30. The Morgan fingerprint density at radius 3 is 2.41 bits per heavy atom. The third-order valence-electron chi connectivity index (χ3n) is 5.90. The predicted octanol–water partition coefficient (Wildman–Crippen LogP) is 2.05. The van der Waals surface area contributed by atoms with E-state index in [2.05, 4.69) is 27.6 Å². The molecular weight excluding hydrogens is 372 g/mol. The molecule has 0 bridgehead atoms. The molecule has 3 heterocycles. The Kier molecular flexibility index (Phi) is 7.29. The van der Waals surface area contributed by atoms with Crippen molar-refractivity contribution in [2.75, 3.05) is 33.4 Å². The van der Waals surface area contributed by atoms with Gasteiger partial charge >= 0.3 is 0 Å². The maximum absolute atomic E-state index is 12.7. The van der Waals surface area contributed by atoms with Crippen LogP contribution < -0.4 is 10.6 Å². The molecule has 8 nitrogen and oxygen atoms in total. The summed E-state index contributed by atoms with van der Waals surface area (Å²) < 4.78 is 11.2. The second kappa shape index (κ2) is 9.71. The number of piperidine rings is 1. The number of carbonyl (C=O) groups excluding carboxylic acids is 2. The van der Waals surface area contributed by atoms with E-state index in [1.807, 2.05) is 13.8 Å². The van der Waals surface area contributed by atoms with Gasteiger partial charge in [0, 0.05) is 25.2 Å². The first-order chi connectivity index (χ1) is 13.8. The molecule has 1 aromatic heterocycles. The van der Waals surface area contributed by atoms with Crippen molar-refractivity contribution < 1.29 is 18.7 Å². The van der Waals surface area contributed by atoms with Gasteiger partial charge < -0.3 is 24.7 Å². The summed E-state index contributed by atoms with van der Waals surface area (Å²) in [6.07, 6.45) is 3.32. The zero-order valence-electron chi connectivity index (χ0n) is 18.0. The van der Waals surface area contributed by atoms with Crippen LogP contribution >= 0.6 is 0 Å². The number of amides is 2. The molecule has 2 amide bonds. The lowest BCUT2D eigenvalue weighted by molar-refractivity contribution is -0.129. The SMILES string of the molecule is Cc1oc([C@@H](NC(=O)C2CCOCC2)C(C)C)nc1C(=O)NC1CCN(C)CC1. The van der Waals surface area contributed by atoms with Crippen LogP contribution in [-0.2, 0) is 9.53 Å². The van der Waals surface area contributed by atoms with Gasteiger partial charge in [0.05, 0.1) is 0 Å². The first kappa shape index (κ1) is 21.8. The van der Waals surface area contributed by atoms with Gasteiger partial charge in [-0.2, -0.15) is 0 Å². The molecule has 2 saturated heterocycles. The average Bonchev–Trinajstić information content (AvgIpc) is 3.09. The molecule has 0 radical (unpaired) electrons. The van der Waals surface area contributed by atoms with E-state index in [0.717, 1.165) is 38.8 Å². The Hall–Kier alpha value is -1.93. The second-order valence-electron chi connectivity index (χ2n) is 8.62. The summed E-state index contributed by atoms with van der Waals surface area (Å²) in [4.78, 5) is 32.2. The summed E-state index contributed by atoms with van der Waals surface area (Å²) in [5.74, 6) is 0.711. The fourth-order valence-corrected chi connectivity index (χ4v) is 3.91. The molecule has 2 fully saturated rings. The first-order valence-electron chi connectivity index (χ1n) is 10.7. The molecule has 2 aliphatic heterocycles. The van der Waals surface area contributed by atoms with Crippen LogP contribution in [-0.4, -0.2) is 61.1 Å². The van der Waals surface area contributed by atoms with Gasteiger partial charge in [0.15, 0.2) is 5.69 Å². The van der Waals surface area contributed by atoms with Crippen LogP contribution in [0.5, 0.6) is 0 Å². The number of rotatable bonds is 6. The molecule has 0 aromatic carbocycles. The molecule has 29 heavy (non-hydrogen) atoms. The van der Waals surface area contributed by atoms with Gasteiger partial charge in [0.25, 0.3) is 5.91 Å². The average molecular weight is 407 g/mol. The highest BCUT2D eigenvalue weighted by Crippen LogP contribution is 2.25. The number of carbonyl (C=O) groups is 2. The zero-order valence-corrected chi connectivity index (χ0v) is 18.0. The second-order valence-corrected chi connectivity index (χ2v) is 8.62. The van der Waals surface area contributed by atoms with E-state index >= 15 is 0 Å². The number of aryl methyl sites for hydroxylation is 1.